The second-order valence-electron chi connectivity index (χ2n) is 7.79. The van der Waals surface area contributed by atoms with Crippen LogP contribution in [0.1, 0.15) is 29.6 Å². The number of benzene rings is 1. The van der Waals surface area contributed by atoms with Crippen LogP contribution < -0.4 is 0 Å². The van der Waals surface area contributed by atoms with Gasteiger partial charge in [-0.05, 0) is 25.0 Å². The summed E-state index contributed by atoms with van der Waals surface area (Å²) >= 11 is 0. The zero-order valence-corrected chi connectivity index (χ0v) is 14.7. The van der Waals surface area contributed by atoms with Crippen molar-refractivity contribution in [2.24, 2.45) is 17.3 Å². The largest absolute Gasteiger partial charge is 0.481 e. The summed E-state index contributed by atoms with van der Waals surface area (Å²) in [6, 6.07) is 3.36. The molecule has 2 aliphatic heterocycles. The number of hydrogen-bond donors (Lipinski definition) is 1. The van der Waals surface area contributed by atoms with E-state index < -0.39 is 40.4 Å². The van der Waals surface area contributed by atoms with E-state index in [2.05, 4.69) is 0 Å². The number of hydrogen-bond acceptors (Lipinski definition) is 3. The molecular formula is C19H20F2N2O4. The zero-order chi connectivity index (χ0) is 19.3. The van der Waals surface area contributed by atoms with Gasteiger partial charge in [-0.3, -0.25) is 14.4 Å². The summed E-state index contributed by atoms with van der Waals surface area (Å²) in [5.74, 6) is -4.58. The van der Waals surface area contributed by atoms with Gasteiger partial charge in [0.1, 0.15) is 5.41 Å². The molecule has 1 saturated carbocycles. The predicted octanol–water partition coefficient (Wildman–Crippen LogP) is 1.75. The van der Waals surface area contributed by atoms with E-state index in [9.17, 15) is 28.3 Å². The van der Waals surface area contributed by atoms with Gasteiger partial charge in [0, 0.05) is 38.0 Å². The van der Waals surface area contributed by atoms with Crippen LogP contribution in [-0.2, 0) is 9.59 Å². The number of likely N-dealkylation sites (tertiary alicyclic amines) is 2. The lowest BCUT2D eigenvalue weighted by molar-refractivity contribution is -0.149. The van der Waals surface area contributed by atoms with Crippen LogP contribution in [0.3, 0.4) is 0 Å². The summed E-state index contributed by atoms with van der Waals surface area (Å²) in [7, 11) is 0. The molecule has 1 N–H and O–H groups in total. The van der Waals surface area contributed by atoms with Crippen molar-refractivity contribution < 1.29 is 28.3 Å². The molecule has 3 aliphatic rings. The number of fused-ring (bicyclic) bond motifs is 1. The second-order valence-corrected chi connectivity index (χ2v) is 7.79. The first-order valence-electron chi connectivity index (χ1n) is 9.09. The van der Waals surface area contributed by atoms with Gasteiger partial charge >= 0.3 is 5.97 Å². The minimum atomic E-state index is -1.25. The summed E-state index contributed by atoms with van der Waals surface area (Å²) < 4.78 is 27.4. The minimum Gasteiger partial charge on any atom is -0.481 e. The maximum absolute atomic E-state index is 14.0. The van der Waals surface area contributed by atoms with Crippen LogP contribution in [-0.4, -0.2) is 58.9 Å². The highest BCUT2D eigenvalue weighted by Gasteiger charge is 2.60. The monoisotopic (exact) mass is 378 g/mol. The Labute approximate surface area is 154 Å². The van der Waals surface area contributed by atoms with Crippen molar-refractivity contribution in [1.29, 1.82) is 0 Å². The van der Waals surface area contributed by atoms with E-state index in [1.807, 2.05) is 0 Å². The molecule has 0 radical (unpaired) electrons. The highest BCUT2D eigenvalue weighted by Crippen LogP contribution is 2.44. The average Bonchev–Trinajstić information content (AvgIpc) is 3.10. The molecule has 2 atom stereocenters. The number of aliphatic carboxylic acids is 1. The van der Waals surface area contributed by atoms with E-state index in [0.717, 1.165) is 25.3 Å². The number of nitrogens with zero attached hydrogens (tertiary/aromatic N) is 2. The molecule has 0 unspecified atom stereocenters. The maximum Gasteiger partial charge on any atom is 0.313 e. The van der Waals surface area contributed by atoms with Gasteiger partial charge < -0.3 is 14.9 Å². The van der Waals surface area contributed by atoms with Crippen LogP contribution in [0.5, 0.6) is 0 Å². The molecule has 2 saturated heterocycles. The quantitative estimate of drug-likeness (QED) is 0.869. The fraction of sp³-hybridized carbons (Fsp3) is 0.526. The van der Waals surface area contributed by atoms with Crippen LogP contribution in [0.15, 0.2) is 18.2 Å². The SMILES string of the molecule is O=C(c1cccc(F)c1F)N1C[C@H]2CN(C(=O)C3CCC3)C[C@@]2(C(=O)O)C1. The van der Waals surface area contributed by atoms with E-state index in [0.29, 0.717) is 0 Å². The van der Waals surface area contributed by atoms with E-state index >= 15 is 0 Å². The molecule has 0 aromatic heterocycles. The molecule has 3 fully saturated rings. The lowest BCUT2D eigenvalue weighted by Crippen LogP contribution is -2.45. The van der Waals surface area contributed by atoms with Crippen LogP contribution in [0.25, 0.3) is 0 Å². The summed E-state index contributed by atoms with van der Waals surface area (Å²) in [6.45, 7) is 0.320. The van der Waals surface area contributed by atoms with Crippen molar-refractivity contribution in [1.82, 2.24) is 9.80 Å². The van der Waals surface area contributed by atoms with Gasteiger partial charge in [0.2, 0.25) is 5.91 Å². The molecule has 0 bridgehead atoms. The fourth-order valence-electron chi connectivity index (χ4n) is 4.44. The van der Waals surface area contributed by atoms with Gasteiger partial charge in [0.05, 0.1) is 5.56 Å². The smallest absolute Gasteiger partial charge is 0.313 e. The minimum absolute atomic E-state index is 0.00896. The molecule has 8 heteroatoms. The Hall–Kier alpha value is -2.51. The Morgan fingerprint density at radius 3 is 2.33 bits per heavy atom. The van der Waals surface area contributed by atoms with Gasteiger partial charge in [0.15, 0.2) is 11.6 Å². The van der Waals surface area contributed by atoms with Gasteiger partial charge in [-0.25, -0.2) is 8.78 Å². The molecule has 144 valence electrons. The van der Waals surface area contributed by atoms with E-state index in [4.69, 9.17) is 0 Å². The van der Waals surface area contributed by atoms with Gasteiger partial charge in [-0.1, -0.05) is 12.5 Å². The van der Waals surface area contributed by atoms with Crippen LogP contribution in [0.4, 0.5) is 8.78 Å². The van der Waals surface area contributed by atoms with Crippen molar-refractivity contribution in [3.05, 3.63) is 35.4 Å². The van der Waals surface area contributed by atoms with Crippen LogP contribution in [0.2, 0.25) is 0 Å². The first-order chi connectivity index (χ1) is 12.8. The van der Waals surface area contributed by atoms with Crippen molar-refractivity contribution >= 4 is 17.8 Å². The Balaban J connectivity index is 1.54. The molecule has 2 amide bonds. The molecule has 27 heavy (non-hydrogen) atoms. The summed E-state index contributed by atoms with van der Waals surface area (Å²) in [5, 5.41) is 9.84. The number of carboxylic acids is 1. The number of amides is 2. The van der Waals surface area contributed by atoms with Crippen molar-refractivity contribution in [3.8, 4) is 0 Å². The van der Waals surface area contributed by atoms with Crippen molar-refractivity contribution in [2.75, 3.05) is 26.2 Å². The third-order valence-corrected chi connectivity index (χ3v) is 6.27. The number of rotatable bonds is 3. The molecule has 4 rings (SSSR count). The molecular weight excluding hydrogens is 358 g/mol. The first-order valence-corrected chi connectivity index (χ1v) is 9.09. The Morgan fingerprint density at radius 2 is 1.74 bits per heavy atom. The first kappa shape index (κ1) is 17.9. The molecule has 1 aliphatic carbocycles. The second kappa shape index (κ2) is 6.28. The fourth-order valence-corrected chi connectivity index (χ4v) is 4.44. The molecule has 1 aromatic carbocycles. The third-order valence-electron chi connectivity index (χ3n) is 6.27. The number of carboxylic acid groups (broad SMARTS) is 1. The van der Waals surface area contributed by atoms with E-state index in [1.54, 1.807) is 4.90 Å². The van der Waals surface area contributed by atoms with Crippen LogP contribution in [0, 0.1) is 28.9 Å². The molecule has 0 spiro atoms. The standard InChI is InChI=1S/C19H20F2N2O4/c20-14-6-2-5-13(15(14)21)17(25)23-8-12-7-22(16(24)11-3-1-4-11)9-19(12,10-23)18(26)27/h2,5-6,11-12H,1,3-4,7-10H2,(H,26,27)/t12-,19-/m1/s1. The van der Waals surface area contributed by atoms with Gasteiger partial charge in [0.25, 0.3) is 5.91 Å². The summed E-state index contributed by atoms with van der Waals surface area (Å²) in [5.41, 5.74) is -1.66. The topological polar surface area (TPSA) is 77.9 Å². The van der Waals surface area contributed by atoms with Gasteiger partial charge in [-0.15, -0.1) is 0 Å². The maximum atomic E-state index is 14.0. The van der Waals surface area contributed by atoms with Crippen molar-refractivity contribution in [2.45, 2.75) is 19.3 Å². The summed E-state index contributed by atoms with van der Waals surface area (Å²) in [6.07, 6.45) is 2.69. The number of carbonyl (C=O) groups is 3. The highest BCUT2D eigenvalue weighted by atomic mass is 19.2. The lowest BCUT2D eigenvalue weighted by Gasteiger charge is -2.31. The molecule has 1 aromatic rings. The Kier molecular flexibility index (Phi) is 4.16. The van der Waals surface area contributed by atoms with E-state index in [-0.39, 0.29) is 38.0 Å². The van der Waals surface area contributed by atoms with Crippen LogP contribution >= 0.6 is 0 Å². The highest BCUT2D eigenvalue weighted by molar-refractivity contribution is 5.95. The molecule has 2 heterocycles. The molecule has 6 nitrogen and oxygen atoms in total. The van der Waals surface area contributed by atoms with Gasteiger partial charge in [-0.2, -0.15) is 0 Å². The normalized spacial score (nSPS) is 27.4. The van der Waals surface area contributed by atoms with Crippen molar-refractivity contribution in [3.63, 3.8) is 0 Å². The zero-order valence-electron chi connectivity index (χ0n) is 14.7. The Bertz CT molecular complexity index is 826. The van der Waals surface area contributed by atoms with E-state index in [1.165, 1.54) is 17.0 Å². The number of carbonyl (C=O) groups excluding carboxylic acids is 2. The Morgan fingerprint density at radius 1 is 1.07 bits per heavy atom. The average molecular weight is 378 g/mol. The number of halogens is 2. The third kappa shape index (κ3) is 2.69. The lowest BCUT2D eigenvalue weighted by atomic mass is 9.81. The predicted molar refractivity (Wildman–Crippen MR) is 89.7 cm³/mol. The summed E-state index contributed by atoms with van der Waals surface area (Å²) in [4.78, 5) is 40.1.